The first kappa shape index (κ1) is 7.34. The maximum Gasteiger partial charge on any atom is 0.157 e. The van der Waals surface area contributed by atoms with E-state index in [2.05, 4.69) is 21.1 Å². The zero-order valence-electron chi connectivity index (χ0n) is 4.84. The van der Waals surface area contributed by atoms with Crippen molar-refractivity contribution in [3.8, 4) is 0 Å². The number of benzene rings is 1. The molecular formula is C6H3BrFNO. The number of rotatable bonds is 1. The van der Waals surface area contributed by atoms with E-state index in [-0.39, 0.29) is 5.69 Å². The van der Waals surface area contributed by atoms with E-state index in [1.54, 1.807) is 6.07 Å². The van der Waals surface area contributed by atoms with E-state index >= 15 is 0 Å². The molecule has 0 N–H and O–H groups in total. The summed E-state index contributed by atoms with van der Waals surface area (Å²) in [5, 5.41) is 2.50. The van der Waals surface area contributed by atoms with Crippen LogP contribution in [0.5, 0.6) is 0 Å². The van der Waals surface area contributed by atoms with Gasteiger partial charge in [-0.05, 0) is 33.2 Å². The van der Waals surface area contributed by atoms with Gasteiger partial charge in [-0.1, -0.05) is 6.07 Å². The molecule has 0 atom stereocenters. The van der Waals surface area contributed by atoms with Gasteiger partial charge in [0.15, 0.2) is 11.5 Å². The second kappa shape index (κ2) is 2.88. The fourth-order valence-corrected chi connectivity index (χ4v) is 0.991. The Hall–Kier alpha value is -0.770. The van der Waals surface area contributed by atoms with Crippen LogP contribution in [0, 0.1) is 10.7 Å². The van der Waals surface area contributed by atoms with Crippen LogP contribution in [0.4, 0.5) is 10.1 Å². The van der Waals surface area contributed by atoms with Gasteiger partial charge in [0.1, 0.15) is 0 Å². The molecule has 0 radical (unpaired) electrons. The molecule has 1 aromatic rings. The van der Waals surface area contributed by atoms with Gasteiger partial charge in [-0.2, -0.15) is 0 Å². The molecule has 0 aliphatic heterocycles. The predicted molar refractivity (Wildman–Crippen MR) is 39.6 cm³/mol. The molecule has 0 amide bonds. The lowest BCUT2D eigenvalue weighted by molar-refractivity contribution is 0.629. The molecule has 0 aliphatic carbocycles. The van der Waals surface area contributed by atoms with Gasteiger partial charge in [0.05, 0.1) is 0 Å². The van der Waals surface area contributed by atoms with Crippen molar-refractivity contribution in [2.45, 2.75) is 0 Å². The molecule has 0 spiro atoms. The summed E-state index contributed by atoms with van der Waals surface area (Å²) < 4.78 is 12.9. The van der Waals surface area contributed by atoms with Gasteiger partial charge in [0.2, 0.25) is 0 Å². The molecule has 0 heterocycles. The molecular weight excluding hydrogens is 201 g/mol. The molecule has 0 aromatic heterocycles. The van der Waals surface area contributed by atoms with Crippen molar-refractivity contribution in [2.75, 3.05) is 0 Å². The standard InChI is InChI=1S/C6H3BrFNO/c7-4-2-1-3-5(8)6(4)9-10/h1-3H. The lowest BCUT2D eigenvalue weighted by Gasteiger charge is -1.93. The summed E-state index contributed by atoms with van der Waals surface area (Å²) in [6.07, 6.45) is 0. The molecule has 4 heteroatoms. The van der Waals surface area contributed by atoms with E-state index in [1.165, 1.54) is 12.1 Å². The number of nitroso groups, excluding NO2 is 1. The molecule has 52 valence electrons. The third-order valence-electron chi connectivity index (χ3n) is 1.03. The Morgan fingerprint density at radius 3 is 2.60 bits per heavy atom. The summed E-state index contributed by atoms with van der Waals surface area (Å²) in [6.45, 7) is 0. The predicted octanol–water partition coefficient (Wildman–Crippen LogP) is 2.99. The average Bonchev–Trinajstić information content (AvgIpc) is 1.88. The van der Waals surface area contributed by atoms with E-state index in [0.717, 1.165) is 0 Å². The Morgan fingerprint density at radius 2 is 2.20 bits per heavy atom. The highest BCUT2D eigenvalue weighted by Gasteiger charge is 2.04. The molecule has 0 aliphatic rings. The monoisotopic (exact) mass is 203 g/mol. The molecule has 1 rings (SSSR count). The van der Waals surface area contributed by atoms with E-state index in [9.17, 15) is 9.30 Å². The fraction of sp³-hybridized carbons (Fsp3) is 0. The summed E-state index contributed by atoms with van der Waals surface area (Å²) >= 11 is 2.97. The normalized spacial score (nSPS) is 9.40. The van der Waals surface area contributed by atoms with Crippen molar-refractivity contribution in [1.82, 2.24) is 0 Å². The van der Waals surface area contributed by atoms with Crippen LogP contribution in [0.2, 0.25) is 0 Å². The Morgan fingerprint density at radius 1 is 1.50 bits per heavy atom. The molecule has 1 aromatic carbocycles. The third-order valence-corrected chi connectivity index (χ3v) is 1.67. The third kappa shape index (κ3) is 1.21. The number of hydrogen-bond acceptors (Lipinski definition) is 2. The first-order chi connectivity index (χ1) is 4.75. The molecule has 0 saturated heterocycles. The number of halogens is 2. The van der Waals surface area contributed by atoms with E-state index in [0.29, 0.717) is 4.47 Å². The molecule has 0 unspecified atom stereocenters. The SMILES string of the molecule is O=Nc1c(F)cccc1Br. The molecule has 0 bridgehead atoms. The highest BCUT2D eigenvalue weighted by Crippen LogP contribution is 2.27. The molecule has 10 heavy (non-hydrogen) atoms. The van der Waals surface area contributed by atoms with Gasteiger partial charge in [0, 0.05) is 4.47 Å². The van der Waals surface area contributed by atoms with Crippen molar-refractivity contribution in [3.63, 3.8) is 0 Å². The van der Waals surface area contributed by atoms with Crippen LogP contribution in [0.15, 0.2) is 27.8 Å². The quantitative estimate of drug-likeness (QED) is 0.646. The first-order valence-electron chi connectivity index (χ1n) is 2.53. The first-order valence-corrected chi connectivity index (χ1v) is 3.32. The maximum absolute atomic E-state index is 12.5. The van der Waals surface area contributed by atoms with E-state index in [1.807, 2.05) is 0 Å². The fourth-order valence-electron chi connectivity index (χ4n) is 0.576. The minimum Gasteiger partial charge on any atom is -0.204 e. The Balaban J connectivity index is 3.30. The zero-order valence-corrected chi connectivity index (χ0v) is 6.43. The van der Waals surface area contributed by atoms with Crippen LogP contribution in [0.1, 0.15) is 0 Å². The Labute approximate surface area is 65.2 Å². The summed E-state index contributed by atoms with van der Waals surface area (Å²) in [7, 11) is 0. The molecule has 2 nitrogen and oxygen atoms in total. The highest BCUT2D eigenvalue weighted by atomic mass is 79.9. The van der Waals surface area contributed by atoms with Crippen molar-refractivity contribution in [1.29, 1.82) is 0 Å². The lowest BCUT2D eigenvalue weighted by Crippen LogP contribution is -1.74. The summed E-state index contributed by atoms with van der Waals surface area (Å²) in [5.41, 5.74) is -0.178. The number of nitrogens with zero attached hydrogens (tertiary/aromatic N) is 1. The smallest absolute Gasteiger partial charge is 0.157 e. The van der Waals surface area contributed by atoms with Crippen LogP contribution in [-0.2, 0) is 0 Å². The van der Waals surface area contributed by atoms with E-state index in [4.69, 9.17) is 0 Å². The summed E-state index contributed by atoms with van der Waals surface area (Å²) in [5.74, 6) is -0.607. The lowest BCUT2D eigenvalue weighted by atomic mass is 10.3. The Kier molecular flexibility index (Phi) is 2.11. The molecule has 0 saturated carbocycles. The van der Waals surface area contributed by atoms with Crippen molar-refractivity contribution < 1.29 is 4.39 Å². The highest BCUT2D eigenvalue weighted by molar-refractivity contribution is 9.10. The van der Waals surface area contributed by atoms with Crippen LogP contribution in [0.3, 0.4) is 0 Å². The summed E-state index contributed by atoms with van der Waals surface area (Å²) in [6, 6.07) is 4.23. The van der Waals surface area contributed by atoms with Gasteiger partial charge >= 0.3 is 0 Å². The minimum absolute atomic E-state index is 0.178. The van der Waals surface area contributed by atoms with Gasteiger partial charge in [-0.3, -0.25) is 0 Å². The van der Waals surface area contributed by atoms with Gasteiger partial charge in [0.25, 0.3) is 0 Å². The largest absolute Gasteiger partial charge is 0.204 e. The topological polar surface area (TPSA) is 29.4 Å². The van der Waals surface area contributed by atoms with Crippen LogP contribution < -0.4 is 0 Å². The van der Waals surface area contributed by atoms with Crippen LogP contribution in [0.25, 0.3) is 0 Å². The van der Waals surface area contributed by atoms with Gasteiger partial charge in [-0.15, -0.1) is 4.91 Å². The minimum atomic E-state index is -0.607. The number of hydrogen-bond donors (Lipinski definition) is 0. The van der Waals surface area contributed by atoms with Crippen molar-refractivity contribution in [2.24, 2.45) is 5.18 Å². The van der Waals surface area contributed by atoms with Crippen molar-refractivity contribution in [3.05, 3.63) is 33.4 Å². The second-order valence-electron chi connectivity index (χ2n) is 1.66. The van der Waals surface area contributed by atoms with E-state index < -0.39 is 5.82 Å². The average molecular weight is 204 g/mol. The zero-order chi connectivity index (χ0) is 7.56. The van der Waals surface area contributed by atoms with Crippen LogP contribution in [-0.4, -0.2) is 0 Å². The molecule has 0 fully saturated rings. The maximum atomic E-state index is 12.5. The summed E-state index contributed by atoms with van der Waals surface area (Å²) in [4.78, 5) is 9.93. The Bertz CT molecular complexity index is 244. The second-order valence-corrected chi connectivity index (χ2v) is 2.52. The van der Waals surface area contributed by atoms with Crippen LogP contribution >= 0.6 is 15.9 Å². The van der Waals surface area contributed by atoms with Gasteiger partial charge < -0.3 is 0 Å². The van der Waals surface area contributed by atoms with Crippen molar-refractivity contribution >= 4 is 21.6 Å². The van der Waals surface area contributed by atoms with Gasteiger partial charge in [-0.25, -0.2) is 4.39 Å².